The third kappa shape index (κ3) is 7.85. The molecule has 0 aromatic carbocycles. The number of nitrogens with one attached hydrogen (secondary N) is 1. The molecule has 13 heavy (non-hydrogen) atoms. The maximum Gasteiger partial charge on any atom is 0.0169 e. The van der Waals surface area contributed by atoms with Crippen LogP contribution in [0.4, 0.5) is 0 Å². The number of hydrogen-bond acceptors (Lipinski definition) is 2. The molecule has 0 radical (unpaired) electrons. The molecule has 0 spiro atoms. The zero-order chi connectivity index (χ0) is 9.94. The second-order valence-electron chi connectivity index (χ2n) is 3.23. The Kier molecular flexibility index (Phi) is 9.22. The first-order chi connectivity index (χ1) is 6.35. The van der Waals surface area contributed by atoms with Gasteiger partial charge in [0.2, 0.25) is 0 Å². The lowest BCUT2D eigenvalue weighted by atomic mass is 10.3. The van der Waals surface area contributed by atoms with Crippen LogP contribution in [0.2, 0.25) is 0 Å². The van der Waals surface area contributed by atoms with Gasteiger partial charge in [0.05, 0.1) is 0 Å². The topological polar surface area (TPSA) is 15.3 Å². The molecule has 0 saturated heterocycles. The average Bonchev–Trinajstić information content (AvgIpc) is 2.13. The number of likely N-dealkylation sites (N-methyl/N-ethyl adjacent to an activating group) is 1. The molecule has 0 aromatic rings. The quantitative estimate of drug-likeness (QED) is 0.582. The van der Waals surface area contributed by atoms with Crippen molar-refractivity contribution in [2.45, 2.75) is 33.6 Å². The van der Waals surface area contributed by atoms with Crippen molar-refractivity contribution >= 4 is 0 Å². The third-order valence-corrected chi connectivity index (χ3v) is 1.85. The lowest BCUT2D eigenvalue weighted by Crippen LogP contribution is -2.20. The van der Waals surface area contributed by atoms with E-state index < -0.39 is 0 Å². The summed E-state index contributed by atoms with van der Waals surface area (Å²) in [6.07, 6.45) is 6.88. The molecule has 0 fully saturated rings. The van der Waals surface area contributed by atoms with Crippen molar-refractivity contribution < 1.29 is 0 Å². The maximum atomic E-state index is 3.27. The normalized spacial score (nSPS) is 11.0. The van der Waals surface area contributed by atoms with E-state index in [1.165, 1.54) is 25.9 Å². The Morgan fingerprint density at radius 3 is 2.15 bits per heavy atom. The minimum absolute atomic E-state index is 0.987. The zero-order valence-electron chi connectivity index (χ0n) is 9.34. The van der Waals surface area contributed by atoms with Crippen molar-refractivity contribution in [1.29, 1.82) is 0 Å². The molecule has 0 saturated carbocycles. The molecule has 1 N–H and O–H groups in total. The van der Waals surface area contributed by atoms with Crippen LogP contribution in [0.3, 0.4) is 0 Å². The fourth-order valence-corrected chi connectivity index (χ4v) is 1.26. The van der Waals surface area contributed by atoms with E-state index in [0.717, 1.165) is 13.1 Å². The predicted octanol–water partition coefficient (Wildman–Crippen LogP) is 2.23. The van der Waals surface area contributed by atoms with E-state index in [0.29, 0.717) is 0 Å². The van der Waals surface area contributed by atoms with E-state index in [2.05, 4.69) is 43.3 Å². The van der Waals surface area contributed by atoms with Crippen molar-refractivity contribution in [2.75, 3.05) is 26.2 Å². The summed E-state index contributed by atoms with van der Waals surface area (Å²) in [5, 5.41) is 3.27. The molecular weight excluding hydrogens is 160 g/mol. The molecule has 2 nitrogen and oxygen atoms in total. The molecule has 2 heteroatoms. The van der Waals surface area contributed by atoms with E-state index in [9.17, 15) is 0 Å². The lowest BCUT2D eigenvalue weighted by molar-refractivity contribution is 0.374. The van der Waals surface area contributed by atoms with Gasteiger partial charge in [-0.2, -0.15) is 0 Å². The smallest absolute Gasteiger partial charge is 0.0169 e. The third-order valence-electron chi connectivity index (χ3n) is 1.85. The minimum Gasteiger partial charge on any atom is -0.378 e. The molecule has 78 valence electrons. The van der Waals surface area contributed by atoms with Crippen LogP contribution < -0.4 is 5.32 Å². The summed E-state index contributed by atoms with van der Waals surface area (Å²) in [7, 11) is 0. The average molecular weight is 184 g/mol. The molecule has 0 aliphatic carbocycles. The highest BCUT2D eigenvalue weighted by Gasteiger charge is 1.93. The summed E-state index contributed by atoms with van der Waals surface area (Å²) >= 11 is 0. The van der Waals surface area contributed by atoms with Gasteiger partial charge in [0.1, 0.15) is 0 Å². The van der Waals surface area contributed by atoms with Crippen LogP contribution in [0, 0.1) is 0 Å². The summed E-state index contributed by atoms with van der Waals surface area (Å²) < 4.78 is 0. The standard InChI is InChI=1S/C11H24N2/c1-4-9-13(10-5-2)11-7-8-12-6-3/h7,11-12H,4-6,8-10H2,1-3H3. The monoisotopic (exact) mass is 184 g/mol. The summed E-state index contributed by atoms with van der Waals surface area (Å²) in [4.78, 5) is 2.39. The lowest BCUT2D eigenvalue weighted by Gasteiger charge is -2.18. The van der Waals surface area contributed by atoms with Gasteiger partial charge in [0, 0.05) is 19.6 Å². The summed E-state index contributed by atoms with van der Waals surface area (Å²) in [6, 6.07) is 0. The van der Waals surface area contributed by atoms with Gasteiger partial charge in [-0.3, -0.25) is 0 Å². The van der Waals surface area contributed by atoms with Crippen molar-refractivity contribution in [3.05, 3.63) is 12.3 Å². The van der Waals surface area contributed by atoms with Gasteiger partial charge in [-0.25, -0.2) is 0 Å². The number of hydrogen-bond donors (Lipinski definition) is 1. The molecule has 0 unspecified atom stereocenters. The molecule has 0 atom stereocenters. The van der Waals surface area contributed by atoms with Gasteiger partial charge in [0.15, 0.2) is 0 Å². The molecular formula is C11H24N2. The van der Waals surface area contributed by atoms with Crippen LogP contribution >= 0.6 is 0 Å². The van der Waals surface area contributed by atoms with Crippen molar-refractivity contribution in [1.82, 2.24) is 10.2 Å². The van der Waals surface area contributed by atoms with Crippen molar-refractivity contribution in [3.8, 4) is 0 Å². The number of nitrogens with zero attached hydrogens (tertiary/aromatic N) is 1. The van der Waals surface area contributed by atoms with E-state index in [-0.39, 0.29) is 0 Å². The van der Waals surface area contributed by atoms with E-state index >= 15 is 0 Å². The SMILES string of the molecule is CCCN(C=CCNCC)CCC. The second-order valence-corrected chi connectivity index (χ2v) is 3.23. The Morgan fingerprint density at radius 1 is 1.08 bits per heavy atom. The Hall–Kier alpha value is -0.500. The highest BCUT2D eigenvalue weighted by atomic mass is 15.1. The minimum atomic E-state index is 0.987. The summed E-state index contributed by atoms with van der Waals surface area (Å²) in [6.45, 7) is 11.0. The largest absolute Gasteiger partial charge is 0.378 e. The van der Waals surface area contributed by atoms with Crippen molar-refractivity contribution in [3.63, 3.8) is 0 Å². The molecule has 0 aliphatic heterocycles. The van der Waals surface area contributed by atoms with Crippen LogP contribution in [-0.2, 0) is 0 Å². The van der Waals surface area contributed by atoms with Crippen LogP contribution in [0.1, 0.15) is 33.6 Å². The van der Waals surface area contributed by atoms with E-state index in [1.54, 1.807) is 0 Å². The second kappa shape index (κ2) is 9.59. The summed E-state index contributed by atoms with van der Waals surface area (Å²) in [5.41, 5.74) is 0. The van der Waals surface area contributed by atoms with Gasteiger partial charge in [-0.15, -0.1) is 0 Å². The Bertz CT molecular complexity index is 115. The highest BCUT2D eigenvalue weighted by Crippen LogP contribution is 1.94. The first kappa shape index (κ1) is 12.5. The Balaban J connectivity index is 3.58. The molecule has 0 rings (SSSR count). The first-order valence-corrected chi connectivity index (χ1v) is 5.46. The van der Waals surface area contributed by atoms with E-state index in [1.807, 2.05) is 0 Å². The summed E-state index contributed by atoms with van der Waals surface area (Å²) in [5.74, 6) is 0. The van der Waals surface area contributed by atoms with Crippen LogP contribution in [0.25, 0.3) is 0 Å². The predicted molar refractivity (Wildman–Crippen MR) is 59.8 cm³/mol. The van der Waals surface area contributed by atoms with Gasteiger partial charge < -0.3 is 10.2 Å². The maximum absolute atomic E-state index is 3.27. The Morgan fingerprint density at radius 2 is 1.69 bits per heavy atom. The van der Waals surface area contributed by atoms with Crippen LogP contribution in [0.5, 0.6) is 0 Å². The molecule has 0 bridgehead atoms. The first-order valence-electron chi connectivity index (χ1n) is 5.46. The van der Waals surface area contributed by atoms with Crippen LogP contribution in [0.15, 0.2) is 12.3 Å². The van der Waals surface area contributed by atoms with E-state index in [4.69, 9.17) is 0 Å². The Labute approximate surface area is 83.0 Å². The number of rotatable bonds is 8. The van der Waals surface area contributed by atoms with Gasteiger partial charge in [0.25, 0.3) is 0 Å². The zero-order valence-corrected chi connectivity index (χ0v) is 9.34. The molecule has 0 aliphatic rings. The fourth-order valence-electron chi connectivity index (χ4n) is 1.26. The van der Waals surface area contributed by atoms with Crippen molar-refractivity contribution in [2.24, 2.45) is 0 Å². The van der Waals surface area contributed by atoms with Gasteiger partial charge >= 0.3 is 0 Å². The molecule has 0 aromatic heterocycles. The molecule has 0 amide bonds. The molecule has 0 heterocycles. The highest BCUT2D eigenvalue weighted by molar-refractivity contribution is 4.83. The van der Waals surface area contributed by atoms with Crippen LogP contribution in [-0.4, -0.2) is 31.1 Å². The van der Waals surface area contributed by atoms with Gasteiger partial charge in [-0.05, 0) is 25.6 Å². The van der Waals surface area contributed by atoms with Gasteiger partial charge in [-0.1, -0.05) is 26.8 Å². The fraction of sp³-hybridized carbons (Fsp3) is 0.818.